The smallest absolute Gasteiger partial charge is 0.367 e. The highest BCUT2D eigenvalue weighted by molar-refractivity contribution is 5.92. The maximum atomic E-state index is 13.2. The van der Waals surface area contributed by atoms with Gasteiger partial charge in [-0.3, -0.25) is 4.85 Å². The summed E-state index contributed by atoms with van der Waals surface area (Å²) < 4.78 is 41.3. The number of benzene rings is 1. The van der Waals surface area contributed by atoms with E-state index in [0.717, 1.165) is 6.20 Å². The zero-order chi connectivity index (χ0) is 21.4. The van der Waals surface area contributed by atoms with Gasteiger partial charge in [0.1, 0.15) is 11.4 Å². The fourth-order valence-electron chi connectivity index (χ4n) is 2.80. The third kappa shape index (κ3) is 4.08. The molecule has 0 saturated carbocycles. The van der Waals surface area contributed by atoms with Gasteiger partial charge in [-0.05, 0) is 26.0 Å². The molecule has 0 atom stereocenters. The Hall–Kier alpha value is -3.35. The van der Waals surface area contributed by atoms with Crippen molar-refractivity contribution >= 4 is 28.4 Å². The third-order valence-electron chi connectivity index (χ3n) is 4.17. The van der Waals surface area contributed by atoms with Gasteiger partial charge in [0.25, 0.3) is 0 Å². The molecule has 2 N–H and O–H groups in total. The summed E-state index contributed by atoms with van der Waals surface area (Å²) in [5, 5.41) is 10.7. The molecule has 0 aliphatic carbocycles. The van der Waals surface area contributed by atoms with Crippen LogP contribution in [0, 0.1) is 6.57 Å². The van der Waals surface area contributed by atoms with Crippen LogP contribution < -0.4 is 10.6 Å². The molecule has 0 unspecified atom stereocenters. The number of nitrogens with zero attached hydrogens (tertiary/aromatic N) is 5. The van der Waals surface area contributed by atoms with Crippen molar-refractivity contribution in [1.29, 1.82) is 0 Å². The molecule has 0 radical (unpaired) electrons. The van der Waals surface area contributed by atoms with Crippen molar-refractivity contribution in [2.75, 3.05) is 10.6 Å². The lowest BCUT2D eigenvalue weighted by Crippen LogP contribution is -2.22. The summed E-state index contributed by atoms with van der Waals surface area (Å²) in [5.41, 5.74) is -0.519. The highest BCUT2D eigenvalue weighted by Gasteiger charge is 2.35. The van der Waals surface area contributed by atoms with Crippen LogP contribution in [0.3, 0.4) is 0 Å². The molecular formula is C19H20F3N7. The minimum atomic E-state index is -4.57. The van der Waals surface area contributed by atoms with Gasteiger partial charge in [0.05, 0.1) is 17.4 Å². The molecule has 3 rings (SSSR count). The highest BCUT2D eigenvalue weighted by Crippen LogP contribution is 2.35. The molecule has 0 amide bonds. The molecule has 0 saturated heterocycles. The lowest BCUT2D eigenvalue weighted by Gasteiger charge is -2.17. The maximum Gasteiger partial charge on any atom is 0.421 e. The van der Waals surface area contributed by atoms with Crippen LogP contribution in [-0.4, -0.2) is 25.8 Å². The zero-order valence-corrected chi connectivity index (χ0v) is 16.3. The summed E-state index contributed by atoms with van der Waals surface area (Å²) in [5.74, 6) is -0.271. The van der Waals surface area contributed by atoms with E-state index in [1.54, 1.807) is 50.7 Å². The Balaban J connectivity index is 2.02. The van der Waals surface area contributed by atoms with Crippen LogP contribution in [0.15, 0.2) is 30.6 Å². The van der Waals surface area contributed by atoms with E-state index in [1.165, 1.54) is 0 Å². The van der Waals surface area contributed by atoms with Crippen LogP contribution in [0.25, 0.3) is 15.7 Å². The first kappa shape index (κ1) is 20.4. The molecule has 0 aliphatic rings. The largest absolute Gasteiger partial charge is 0.421 e. The van der Waals surface area contributed by atoms with Crippen molar-refractivity contribution < 1.29 is 13.2 Å². The normalized spacial score (nSPS) is 12.2. The number of halogens is 3. The first-order valence-corrected chi connectivity index (χ1v) is 8.86. The van der Waals surface area contributed by atoms with E-state index < -0.39 is 17.4 Å². The van der Waals surface area contributed by atoms with E-state index in [2.05, 4.69) is 30.5 Å². The van der Waals surface area contributed by atoms with Crippen molar-refractivity contribution in [2.45, 2.75) is 45.6 Å². The Morgan fingerprint density at radius 2 is 1.90 bits per heavy atom. The molecule has 2 aromatic heterocycles. The molecule has 0 bridgehead atoms. The predicted molar refractivity (Wildman–Crippen MR) is 105 cm³/mol. The first-order chi connectivity index (χ1) is 13.5. The van der Waals surface area contributed by atoms with E-state index in [4.69, 9.17) is 6.57 Å². The molecule has 0 fully saturated rings. The number of hydrogen-bond donors (Lipinski definition) is 2. The number of nitrogens with one attached hydrogen (secondary N) is 2. The molecule has 0 aliphatic heterocycles. The van der Waals surface area contributed by atoms with Crippen LogP contribution in [0.1, 0.15) is 33.3 Å². The van der Waals surface area contributed by atoms with Crippen LogP contribution >= 0.6 is 0 Å². The summed E-state index contributed by atoms with van der Waals surface area (Å²) in [6, 6.07) is 5.09. The second-order valence-corrected chi connectivity index (χ2v) is 7.28. The summed E-state index contributed by atoms with van der Waals surface area (Å²) in [4.78, 5) is 11.4. The molecule has 2 heterocycles. The number of fused-ring (bicyclic) bond motifs is 1. The number of rotatable bonds is 5. The van der Waals surface area contributed by atoms with Gasteiger partial charge in [-0.25, -0.2) is 11.6 Å². The molecule has 1 aromatic carbocycles. The van der Waals surface area contributed by atoms with Crippen LogP contribution in [0.4, 0.5) is 30.6 Å². The lowest BCUT2D eigenvalue weighted by atomic mass is 10.2. The summed E-state index contributed by atoms with van der Waals surface area (Å²) in [6.07, 6.45) is -2.21. The van der Waals surface area contributed by atoms with E-state index >= 15 is 0 Å². The Bertz CT molecular complexity index is 1080. The molecule has 0 spiro atoms. The zero-order valence-electron chi connectivity index (χ0n) is 16.3. The summed E-state index contributed by atoms with van der Waals surface area (Å²) in [6.45, 7) is 14.3. The van der Waals surface area contributed by atoms with E-state index in [0.29, 0.717) is 16.6 Å². The van der Waals surface area contributed by atoms with Gasteiger partial charge >= 0.3 is 11.8 Å². The number of alkyl halides is 3. The average Bonchev–Trinajstić information content (AvgIpc) is 3.06. The van der Waals surface area contributed by atoms with Gasteiger partial charge in [0.2, 0.25) is 5.95 Å². The van der Waals surface area contributed by atoms with Crippen molar-refractivity contribution in [3.63, 3.8) is 0 Å². The van der Waals surface area contributed by atoms with Gasteiger partial charge in [-0.15, -0.1) is 0 Å². The second-order valence-electron chi connectivity index (χ2n) is 7.28. The highest BCUT2D eigenvalue weighted by atomic mass is 19.4. The Labute approximate surface area is 165 Å². The average molecular weight is 403 g/mol. The Morgan fingerprint density at radius 3 is 2.52 bits per heavy atom. The molecule has 10 heteroatoms. The van der Waals surface area contributed by atoms with E-state index in [1.807, 2.05) is 6.07 Å². The monoisotopic (exact) mass is 403 g/mol. The lowest BCUT2D eigenvalue weighted by molar-refractivity contribution is -0.137. The number of aromatic nitrogens is 4. The second kappa shape index (κ2) is 7.24. The fourth-order valence-corrected chi connectivity index (χ4v) is 2.80. The Kier molecular flexibility index (Phi) is 5.09. The fraction of sp³-hybridized carbons (Fsp3) is 0.368. The van der Waals surface area contributed by atoms with Gasteiger partial charge < -0.3 is 10.6 Å². The number of anilines is 3. The van der Waals surface area contributed by atoms with Crippen molar-refractivity contribution in [2.24, 2.45) is 0 Å². The number of hydrogen-bond acceptors (Lipinski definition) is 5. The minimum Gasteiger partial charge on any atom is -0.367 e. The van der Waals surface area contributed by atoms with Gasteiger partial charge in [0, 0.05) is 31.5 Å². The maximum absolute atomic E-state index is 13.2. The SMILES string of the molecule is [C-]#[N+]C(C)(C)n1ncc2c(Nc3ncc(C(F)(F)F)c(NC(C)C)n3)cccc21. The molecule has 7 nitrogen and oxygen atoms in total. The molecular weight excluding hydrogens is 383 g/mol. The summed E-state index contributed by atoms with van der Waals surface area (Å²) >= 11 is 0. The van der Waals surface area contributed by atoms with Crippen molar-refractivity contribution in [1.82, 2.24) is 19.7 Å². The van der Waals surface area contributed by atoms with Gasteiger partial charge in [-0.2, -0.15) is 27.9 Å². The predicted octanol–water partition coefficient (Wildman–Crippen LogP) is 5.02. The van der Waals surface area contributed by atoms with E-state index in [-0.39, 0.29) is 17.8 Å². The van der Waals surface area contributed by atoms with E-state index in [9.17, 15) is 13.2 Å². The van der Waals surface area contributed by atoms with Crippen molar-refractivity contribution in [3.05, 3.63) is 47.6 Å². The molecule has 3 aromatic rings. The van der Waals surface area contributed by atoms with Crippen molar-refractivity contribution in [3.8, 4) is 0 Å². The first-order valence-electron chi connectivity index (χ1n) is 8.86. The quantitative estimate of drug-likeness (QED) is 0.585. The van der Waals surface area contributed by atoms with Gasteiger partial charge in [0.15, 0.2) is 0 Å². The topological polar surface area (TPSA) is 72.0 Å². The summed E-state index contributed by atoms with van der Waals surface area (Å²) in [7, 11) is 0. The van der Waals surface area contributed by atoms with Gasteiger partial charge in [-0.1, -0.05) is 6.07 Å². The molecule has 29 heavy (non-hydrogen) atoms. The van der Waals surface area contributed by atoms with Crippen LogP contribution in [0.2, 0.25) is 0 Å². The molecule has 152 valence electrons. The third-order valence-corrected chi connectivity index (χ3v) is 4.17. The standard InChI is InChI=1S/C19H20F3N7/c1-11(2)26-16-13(19(20,21)22)10-24-17(28-16)27-14-7-6-8-15-12(14)9-25-29(15)18(3,4)23-5/h6-11H,1-4H3,(H2,24,26,27,28). The van der Waals surface area contributed by atoms with Crippen LogP contribution in [-0.2, 0) is 11.8 Å². The Morgan fingerprint density at radius 1 is 1.17 bits per heavy atom. The van der Waals surface area contributed by atoms with Crippen LogP contribution in [0.5, 0.6) is 0 Å². The minimum absolute atomic E-state index is 0.0193.